The third kappa shape index (κ3) is 2.12. The Morgan fingerprint density at radius 1 is 1.65 bits per heavy atom. The van der Waals surface area contributed by atoms with Crippen LogP contribution in [0.4, 0.5) is 5.69 Å². The van der Waals surface area contributed by atoms with E-state index in [0.29, 0.717) is 11.8 Å². The maximum Gasteiger partial charge on any atom is 0.242 e. The summed E-state index contributed by atoms with van der Waals surface area (Å²) in [5, 5.41) is 6.98. The van der Waals surface area contributed by atoms with Gasteiger partial charge in [-0.15, -0.1) is 0 Å². The number of fused-ring (bicyclic) bond motifs is 2. The lowest BCUT2D eigenvalue weighted by molar-refractivity contribution is -0.122. The lowest BCUT2D eigenvalue weighted by Gasteiger charge is -2.19. The highest BCUT2D eigenvalue weighted by atomic mass is 16.5. The summed E-state index contributed by atoms with van der Waals surface area (Å²) >= 11 is 0. The van der Waals surface area contributed by atoms with Crippen molar-refractivity contribution < 1.29 is 9.53 Å². The molecule has 2 saturated heterocycles. The van der Waals surface area contributed by atoms with Gasteiger partial charge in [0.1, 0.15) is 6.54 Å². The lowest BCUT2D eigenvalue weighted by atomic mass is 9.95. The molecule has 1 amide bonds. The monoisotopic (exact) mass is 236 g/mol. The number of carbonyl (C=O) groups is 1. The molecule has 2 aliphatic heterocycles. The number of aromatic nitrogens is 2. The van der Waals surface area contributed by atoms with Crippen LogP contribution in [-0.2, 0) is 16.1 Å². The normalized spacial score (nSPS) is 30.7. The third-order valence-corrected chi connectivity index (χ3v) is 3.41. The summed E-state index contributed by atoms with van der Waals surface area (Å²) in [4.78, 5) is 11.8. The molecule has 3 N–H and O–H groups in total. The van der Waals surface area contributed by atoms with Crippen molar-refractivity contribution in [3.63, 3.8) is 0 Å². The first-order valence-electron chi connectivity index (χ1n) is 5.93. The van der Waals surface area contributed by atoms with Gasteiger partial charge >= 0.3 is 0 Å². The minimum absolute atomic E-state index is 0.0331. The van der Waals surface area contributed by atoms with Gasteiger partial charge in [-0.25, -0.2) is 0 Å². The van der Waals surface area contributed by atoms with Gasteiger partial charge in [0.15, 0.2) is 0 Å². The van der Waals surface area contributed by atoms with Gasteiger partial charge in [-0.1, -0.05) is 0 Å². The first-order chi connectivity index (χ1) is 8.20. The Hall–Kier alpha value is -1.56. The summed E-state index contributed by atoms with van der Waals surface area (Å²) in [5.41, 5.74) is 6.10. The molecule has 2 bridgehead atoms. The quantitative estimate of drug-likeness (QED) is 0.768. The first-order valence-corrected chi connectivity index (χ1v) is 5.93. The molecule has 1 aromatic heterocycles. The molecule has 0 aromatic carbocycles. The fraction of sp³-hybridized carbons (Fsp3) is 0.636. The summed E-state index contributed by atoms with van der Waals surface area (Å²) in [6, 6.07) is 0.175. The van der Waals surface area contributed by atoms with Crippen molar-refractivity contribution in [1.82, 2.24) is 15.1 Å². The molecule has 6 nitrogen and oxygen atoms in total. The van der Waals surface area contributed by atoms with Gasteiger partial charge in [-0.05, 0) is 19.3 Å². The molecule has 3 rings (SSSR count). The number of ether oxygens (including phenoxy) is 1. The molecular formula is C11H16N4O2. The summed E-state index contributed by atoms with van der Waals surface area (Å²) < 4.78 is 7.22. The average molecular weight is 236 g/mol. The van der Waals surface area contributed by atoms with E-state index in [4.69, 9.17) is 10.5 Å². The van der Waals surface area contributed by atoms with E-state index in [0.717, 1.165) is 19.3 Å². The van der Waals surface area contributed by atoms with Crippen LogP contribution in [0.2, 0.25) is 0 Å². The van der Waals surface area contributed by atoms with Crippen molar-refractivity contribution in [3.8, 4) is 0 Å². The van der Waals surface area contributed by atoms with Crippen molar-refractivity contribution in [1.29, 1.82) is 0 Å². The molecular weight excluding hydrogens is 220 g/mol. The predicted molar refractivity (Wildman–Crippen MR) is 61.1 cm³/mol. The first kappa shape index (κ1) is 10.6. The maximum absolute atomic E-state index is 11.8. The molecule has 3 unspecified atom stereocenters. The molecule has 1 aromatic rings. The lowest BCUT2D eigenvalue weighted by Crippen LogP contribution is -2.42. The van der Waals surface area contributed by atoms with Gasteiger partial charge in [0.05, 0.1) is 30.1 Å². The number of amides is 1. The van der Waals surface area contributed by atoms with Crippen LogP contribution in [0.1, 0.15) is 19.3 Å². The molecule has 0 radical (unpaired) electrons. The summed E-state index contributed by atoms with van der Waals surface area (Å²) in [6.07, 6.45) is 6.89. The van der Waals surface area contributed by atoms with E-state index in [9.17, 15) is 4.79 Å². The summed E-state index contributed by atoms with van der Waals surface area (Å²) in [7, 11) is 0. The number of rotatable bonds is 3. The summed E-state index contributed by atoms with van der Waals surface area (Å²) in [5.74, 6) is -0.0331. The van der Waals surface area contributed by atoms with E-state index in [1.807, 2.05) is 0 Å². The van der Waals surface area contributed by atoms with Crippen LogP contribution in [-0.4, -0.2) is 33.9 Å². The van der Waals surface area contributed by atoms with Crippen molar-refractivity contribution in [2.75, 3.05) is 5.73 Å². The number of hydrogen-bond donors (Lipinski definition) is 2. The molecule has 0 saturated carbocycles. The molecule has 2 aliphatic rings. The van der Waals surface area contributed by atoms with Crippen molar-refractivity contribution >= 4 is 11.6 Å². The van der Waals surface area contributed by atoms with Crippen LogP contribution < -0.4 is 11.1 Å². The molecule has 0 aliphatic carbocycles. The minimum Gasteiger partial charge on any atom is -0.396 e. The Morgan fingerprint density at radius 2 is 2.53 bits per heavy atom. The van der Waals surface area contributed by atoms with E-state index < -0.39 is 0 Å². The Balaban J connectivity index is 1.54. The van der Waals surface area contributed by atoms with Gasteiger partial charge in [-0.2, -0.15) is 5.10 Å². The molecule has 92 valence electrons. The van der Waals surface area contributed by atoms with Gasteiger partial charge in [0.25, 0.3) is 0 Å². The number of anilines is 1. The Morgan fingerprint density at radius 3 is 3.12 bits per heavy atom. The van der Waals surface area contributed by atoms with Gasteiger partial charge in [0.2, 0.25) is 5.91 Å². The zero-order valence-electron chi connectivity index (χ0n) is 9.50. The number of nitrogens with one attached hydrogen (secondary N) is 1. The Bertz CT molecular complexity index is 431. The second kappa shape index (κ2) is 4.03. The highest BCUT2D eigenvalue weighted by molar-refractivity contribution is 5.76. The van der Waals surface area contributed by atoms with Gasteiger partial charge in [-0.3, -0.25) is 9.48 Å². The number of carbonyl (C=O) groups excluding carboxylic acids is 1. The van der Waals surface area contributed by atoms with Crippen LogP contribution >= 0.6 is 0 Å². The molecule has 2 fully saturated rings. The maximum atomic E-state index is 11.8. The standard InChI is InChI=1S/C11H16N4O2/c12-7-4-13-15(5-7)6-11(16)14-9-3-8-1-2-10(9)17-8/h4-5,8-10H,1-3,6,12H2,(H,14,16). The van der Waals surface area contributed by atoms with E-state index in [-0.39, 0.29) is 24.6 Å². The molecule has 6 heteroatoms. The molecule has 17 heavy (non-hydrogen) atoms. The van der Waals surface area contributed by atoms with Gasteiger partial charge < -0.3 is 15.8 Å². The number of hydrogen-bond acceptors (Lipinski definition) is 4. The molecule has 3 atom stereocenters. The van der Waals surface area contributed by atoms with Crippen molar-refractivity contribution in [3.05, 3.63) is 12.4 Å². The Labute approximate surface area is 99.1 Å². The zero-order valence-corrected chi connectivity index (χ0v) is 9.50. The van der Waals surface area contributed by atoms with Crippen molar-refractivity contribution in [2.24, 2.45) is 0 Å². The average Bonchev–Trinajstić information content (AvgIpc) is 2.95. The second-order valence-corrected chi connectivity index (χ2v) is 4.75. The van der Waals surface area contributed by atoms with E-state index in [1.165, 1.54) is 6.20 Å². The molecule has 3 heterocycles. The zero-order chi connectivity index (χ0) is 11.8. The van der Waals surface area contributed by atoms with E-state index >= 15 is 0 Å². The van der Waals surface area contributed by atoms with Crippen LogP contribution in [0, 0.1) is 0 Å². The SMILES string of the molecule is Nc1cnn(CC(=O)NC2CC3CCC2O3)c1. The fourth-order valence-electron chi connectivity index (χ4n) is 2.66. The number of nitrogens with two attached hydrogens (primary N) is 1. The number of nitrogen functional groups attached to an aromatic ring is 1. The van der Waals surface area contributed by atoms with E-state index in [1.54, 1.807) is 10.9 Å². The Kier molecular flexibility index (Phi) is 2.51. The second-order valence-electron chi connectivity index (χ2n) is 4.75. The highest BCUT2D eigenvalue weighted by Gasteiger charge is 2.41. The van der Waals surface area contributed by atoms with E-state index in [2.05, 4.69) is 10.4 Å². The third-order valence-electron chi connectivity index (χ3n) is 3.41. The largest absolute Gasteiger partial charge is 0.396 e. The predicted octanol–water partition coefficient (Wildman–Crippen LogP) is -0.0986. The smallest absolute Gasteiger partial charge is 0.242 e. The summed E-state index contributed by atoms with van der Waals surface area (Å²) in [6.45, 7) is 0.213. The number of nitrogens with zero attached hydrogens (tertiary/aromatic N) is 2. The topological polar surface area (TPSA) is 82.2 Å². The fourth-order valence-corrected chi connectivity index (χ4v) is 2.66. The van der Waals surface area contributed by atoms with Crippen LogP contribution in [0.15, 0.2) is 12.4 Å². The van der Waals surface area contributed by atoms with Crippen molar-refractivity contribution in [2.45, 2.75) is 44.1 Å². The van der Waals surface area contributed by atoms with Crippen LogP contribution in [0.25, 0.3) is 0 Å². The van der Waals surface area contributed by atoms with Crippen LogP contribution in [0.5, 0.6) is 0 Å². The molecule has 0 spiro atoms. The minimum atomic E-state index is -0.0331. The van der Waals surface area contributed by atoms with Crippen LogP contribution in [0.3, 0.4) is 0 Å². The van der Waals surface area contributed by atoms with Gasteiger partial charge in [0, 0.05) is 6.20 Å². The highest BCUT2D eigenvalue weighted by Crippen LogP contribution is 2.34.